The second kappa shape index (κ2) is 4.77. The SMILES string of the molecule is Cc1cc(CCCO)cc(Br)c1C. The van der Waals surface area contributed by atoms with Gasteiger partial charge in [-0.3, -0.25) is 0 Å². The Balaban J connectivity index is 2.86. The van der Waals surface area contributed by atoms with E-state index in [0.717, 1.165) is 12.8 Å². The zero-order valence-corrected chi connectivity index (χ0v) is 9.69. The van der Waals surface area contributed by atoms with Crippen molar-refractivity contribution in [2.24, 2.45) is 0 Å². The molecule has 0 fully saturated rings. The number of rotatable bonds is 3. The second-order valence-corrected chi connectivity index (χ2v) is 4.20. The van der Waals surface area contributed by atoms with E-state index >= 15 is 0 Å². The smallest absolute Gasteiger partial charge is 0.0434 e. The van der Waals surface area contributed by atoms with Crippen LogP contribution in [0.1, 0.15) is 23.1 Å². The zero-order valence-electron chi connectivity index (χ0n) is 8.10. The van der Waals surface area contributed by atoms with Crippen LogP contribution < -0.4 is 0 Å². The molecule has 0 heterocycles. The number of halogens is 1. The molecular formula is C11H15BrO. The van der Waals surface area contributed by atoms with Crippen LogP contribution in [0.15, 0.2) is 16.6 Å². The van der Waals surface area contributed by atoms with Crippen molar-refractivity contribution in [3.63, 3.8) is 0 Å². The van der Waals surface area contributed by atoms with Gasteiger partial charge in [-0.05, 0) is 49.4 Å². The highest BCUT2D eigenvalue weighted by molar-refractivity contribution is 9.10. The highest BCUT2D eigenvalue weighted by Crippen LogP contribution is 2.22. The third-order valence-electron chi connectivity index (χ3n) is 2.29. The number of benzene rings is 1. The predicted octanol–water partition coefficient (Wildman–Crippen LogP) is 2.99. The van der Waals surface area contributed by atoms with Crippen molar-refractivity contribution in [3.05, 3.63) is 33.3 Å². The van der Waals surface area contributed by atoms with E-state index in [9.17, 15) is 0 Å². The highest BCUT2D eigenvalue weighted by Gasteiger charge is 2.01. The summed E-state index contributed by atoms with van der Waals surface area (Å²) in [6.45, 7) is 4.49. The van der Waals surface area contributed by atoms with Gasteiger partial charge in [-0.15, -0.1) is 0 Å². The molecule has 0 spiro atoms. The minimum Gasteiger partial charge on any atom is -0.396 e. The van der Waals surface area contributed by atoms with Crippen LogP contribution >= 0.6 is 15.9 Å². The van der Waals surface area contributed by atoms with Crippen LogP contribution in [0.2, 0.25) is 0 Å². The normalized spacial score (nSPS) is 10.5. The fourth-order valence-corrected chi connectivity index (χ4v) is 1.92. The Morgan fingerprint density at radius 1 is 1.31 bits per heavy atom. The van der Waals surface area contributed by atoms with Crippen molar-refractivity contribution >= 4 is 15.9 Å². The first-order valence-electron chi connectivity index (χ1n) is 4.51. The molecule has 0 atom stereocenters. The Morgan fingerprint density at radius 3 is 2.54 bits per heavy atom. The Labute approximate surface area is 87.9 Å². The lowest BCUT2D eigenvalue weighted by atomic mass is 10.0. The fraction of sp³-hybridized carbons (Fsp3) is 0.455. The average molecular weight is 243 g/mol. The molecule has 0 saturated carbocycles. The first kappa shape index (κ1) is 10.7. The van der Waals surface area contributed by atoms with Crippen LogP contribution in [0.3, 0.4) is 0 Å². The third-order valence-corrected chi connectivity index (χ3v) is 3.11. The number of aliphatic hydroxyl groups excluding tert-OH is 1. The largest absolute Gasteiger partial charge is 0.396 e. The maximum Gasteiger partial charge on any atom is 0.0434 e. The van der Waals surface area contributed by atoms with Gasteiger partial charge in [0.1, 0.15) is 0 Å². The molecule has 0 unspecified atom stereocenters. The van der Waals surface area contributed by atoms with E-state index in [1.54, 1.807) is 0 Å². The topological polar surface area (TPSA) is 20.2 Å². The number of aliphatic hydroxyl groups is 1. The van der Waals surface area contributed by atoms with Gasteiger partial charge in [0.2, 0.25) is 0 Å². The number of hydrogen-bond acceptors (Lipinski definition) is 1. The van der Waals surface area contributed by atoms with Gasteiger partial charge < -0.3 is 5.11 Å². The lowest BCUT2D eigenvalue weighted by molar-refractivity contribution is 0.288. The molecule has 0 saturated heterocycles. The Morgan fingerprint density at radius 2 is 2.00 bits per heavy atom. The minimum atomic E-state index is 0.268. The van der Waals surface area contributed by atoms with Crippen molar-refractivity contribution in [1.82, 2.24) is 0 Å². The molecule has 1 aromatic carbocycles. The van der Waals surface area contributed by atoms with Gasteiger partial charge in [-0.25, -0.2) is 0 Å². The van der Waals surface area contributed by atoms with Crippen molar-refractivity contribution < 1.29 is 5.11 Å². The van der Waals surface area contributed by atoms with Gasteiger partial charge in [0.15, 0.2) is 0 Å². The summed E-state index contributed by atoms with van der Waals surface area (Å²) >= 11 is 3.53. The summed E-state index contributed by atoms with van der Waals surface area (Å²) < 4.78 is 1.17. The van der Waals surface area contributed by atoms with Crippen LogP contribution in [0.4, 0.5) is 0 Å². The Hall–Kier alpha value is -0.340. The molecule has 0 bridgehead atoms. The molecule has 0 aliphatic carbocycles. The van der Waals surface area contributed by atoms with E-state index in [2.05, 4.69) is 41.9 Å². The van der Waals surface area contributed by atoms with Crippen molar-refractivity contribution in [2.45, 2.75) is 26.7 Å². The lowest BCUT2D eigenvalue weighted by Gasteiger charge is -2.07. The van der Waals surface area contributed by atoms with Crippen molar-refractivity contribution in [2.75, 3.05) is 6.61 Å². The molecule has 1 rings (SSSR count). The first-order valence-corrected chi connectivity index (χ1v) is 5.31. The van der Waals surface area contributed by atoms with Crippen LogP contribution in [0.5, 0.6) is 0 Å². The Bertz CT molecular complexity index is 271. The van der Waals surface area contributed by atoms with E-state index in [1.807, 2.05) is 0 Å². The van der Waals surface area contributed by atoms with Gasteiger partial charge in [-0.1, -0.05) is 22.0 Å². The molecule has 1 N–H and O–H groups in total. The molecule has 1 aromatic rings. The van der Waals surface area contributed by atoms with Crippen LogP contribution in [0.25, 0.3) is 0 Å². The van der Waals surface area contributed by atoms with E-state index in [1.165, 1.54) is 21.2 Å². The Kier molecular flexibility index (Phi) is 3.94. The van der Waals surface area contributed by atoms with Crippen LogP contribution in [0, 0.1) is 13.8 Å². The summed E-state index contributed by atoms with van der Waals surface area (Å²) in [4.78, 5) is 0. The second-order valence-electron chi connectivity index (χ2n) is 3.35. The van der Waals surface area contributed by atoms with E-state index in [-0.39, 0.29) is 6.61 Å². The zero-order chi connectivity index (χ0) is 9.84. The standard InChI is InChI=1S/C11H15BrO/c1-8-6-10(4-3-5-13)7-11(12)9(8)2/h6-7,13H,3-5H2,1-2H3. The van der Waals surface area contributed by atoms with E-state index in [0.29, 0.717) is 0 Å². The molecule has 2 heteroatoms. The molecule has 0 radical (unpaired) electrons. The third kappa shape index (κ3) is 2.82. The van der Waals surface area contributed by atoms with E-state index in [4.69, 9.17) is 5.11 Å². The maximum atomic E-state index is 8.71. The predicted molar refractivity (Wildman–Crippen MR) is 59.0 cm³/mol. The number of hydrogen-bond donors (Lipinski definition) is 1. The molecule has 0 aromatic heterocycles. The fourth-order valence-electron chi connectivity index (χ4n) is 1.31. The molecule has 0 aliphatic heterocycles. The number of aryl methyl sites for hydroxylation is 2. The van der Waals surface area contributed by atoms with Gasteiger partial charge in [0, 0.05) is 11.1 Å². The van der Waals surface area contributed by atoms with Gasteiger partial charge in [-0.2, -0.15) is 0 Å². The summed E-state index contributed by atoms with van der Waals surface area (Å²) in [6.07, 6.45) is 1.80. The monoisotopic (exact) mass is 242 g/mol. The summed E-state index contributed by atoms with van der Waals surface area (Å²) in [5.74, 6) is 0. The molecule has 13 heavy (non-hydrogen) atoms. The quantitative estimate of drug-likeness (QED) is 0.865. The summed E-state index contributed by atoms with van der Waals surface area (Å²) in [7, 11) is 0. The van der Waals surface area contributed by atoms with Crippen molar-refractivity contribution in [3.8, 4) is 0 Å². The minimum absolute atomic E-state index is 0.268. The summed E-state index contributed by atoms with van der Waals surface area (Å²) in [6, 6.07) is 4.33. The van der Waals surface area contributed by atoms with Gasteiger partial charge in [0.25, 0.3) is 0 Å². The van der Waals surface area contributed by atoms with E-state index < -0.39 is 0 Å². The molecule has 72 valence electrons. The molecule has 0 aliphatic rings. The average Bonchev–Trinajstić information content (AvgIpc) is 2.10. The molecular weight excluding hydrogens is 228 g/mol. The van der Waals surface area contributed by atoms with Crippen molar-refractivity contribution in [1.29, 1.82) is 0 Å². The lowest BCUT2D eigenvalue weighted by Crippen LogP contribution is -1.92. The summed E-state index contributed by atoms with van der Waals surface area (Å²) in [5.41, 5.74) is 3.90. The highest BCUT2D eigenvalue weighted by atomic mass is 79.9. The summed E-state index contributed by atoms with van der Waals surface area (Å²) in [5, 5.41) is 8.71. The first-order chi connectivity index (χ1) is 6.15. The van der Waals surface area contributed by atoms with Gasteiger partial charge >= 0.3 is 0 Å². The molecule has 1 nitrogen and oxygen atoms in total. The maximum absolute atomic E-state index is 8.71. The molecule has 0 amide bonds. The van der Waals surface area contributed by atoms with Crippen LogP contribution in [-0.2, 0) is 6.42 Å². The van der Waals surface area contributed by atoms with Gasteiger partial charge in [0.05, 0.1) is 0 Å². The van der Waals surface area contributed by atoms with Crippen LogP contribution in [-0.4, -0.2) is 11.7 Å².